The lowest BCUT2D eigenvalue weighted by atomic mass is 9.99. The summed E-state index contributed by atoms with van der Waals surface area (Å²) in [5.41, 5.74) is 9.76. The van der Waals surface area contributed by atoms with Gasteiger partial charge in [-0.3, -0.25) is 0 Å². The molecule has 162 valence electrons. The molecule has 0 spiro atoms. The summed E-state index contributed by atoms with van der Waals surface area (Å²) < 4.78 is 0. The van der Waals surface area contributed by atoms with Crippen LogP contribution < -0.4 is 15.1 Å². The monoisotopic (exact) mass is 441 g/mol. The number of likely N-dealkylation sites (N-methyl/N-ethyl adjacent to an activating group) is 2. The molecule has 5 rings (SSSR count). The van der Waals surface area contributed by atoms with Gasteiger partial charge in [-0.1, -0.05) is 48.0 Å². The summed E-state index contributed by atoms with van der Waals surface area (Å²) in [6.45, 7) is 8.39. The van der Waals surface area contributed by atoms with Crippen molar-refractivity contribution in [2.75, 3.05) is 28.2 Å². The van der Waals surface area contributed by atoms with Gasteiger partial charge < -0.3 is 15.1 Å². The Balaban J connectivity index is 1.50. The summed E-state index contributed by atoms with van der Waals surface area (Å²) >= 11 is 6.29. The highest BCUT2D eigenvalue weighted by atomic mass is 35.5. The Morgan fingerprint density at radius 1 is 0.938 bits per heavy atom. The molecule has 4 heteroatoms. The highest BCUT2D eigenvalue weighted by Crippen LogP contribution is 2.40. The Labute approximate surface area is 195 Å². The molecule has 2 aliphatic heterocycles. The van der Waals surface area contributed by atoms with Gasteiger partial charge in [-0.05, 0) is 85.5 Å². The number of nitrogens with zero attached hydrogens (tertiary/aromatic N) is 2. The van der Waals surface area contributed by atoms with Gasteiger partial charge in [-0.2, -0.15) is 0 Å². The van der Waals surface area contributed by atoms with Crippen molar-refractivity contribution in [3.63, 3.8) is 0 Å². The summed E-state index contributed by atoms with van der Waals surface area (Å²) in [6.07, 6.45) is 6.88. The number of nitrogens with one attached hydrogen (secondary N) is 1. The summed E-state index contributed by atoms with van der Waals surface area (Å²) in [5.74, 6) is 0. The smallest absolute Gasteiger partial charge is 0.121 e. The van der Waals surface area contributed by atoms with E-state index in [-0.39, 0.29) is 6.17 Å². The lowest BCUT2D eigenvalue weighted by Gasteiger charge is -2.31. The van der Waals surface area contributed by atoms with E-state index in [0.717, 1.165) is 18.1 Å². The second kappa shape index (κ2) is 8.40. The minimum atomic E-state index is 0.102. The number of para-hydroxylation sites is 1. The molecule has 0 amide bonds. The maximum atomic E-state index is 6.29. The van der Waals surface area contributed by atoms with Crippen LogP contribution in [0.2, 0.25) is 5.02 Å². The van der Waals surface area contributed by atoms with Gasteiger partial charge in [0.05, 0.1) is 11.4 Å². The molecule has 32 heavy (non-hydrogen) atoms. The molecule has 3 aromatic rings. The van der Waals surface area contributed by atoms with Crippen molar-refractivity contribution in [3.05, 3.63) is 94.7 Å². The quantitative estimate of drug-likeness (QED) is 0.457. The first-order valence-corrected chi connectivity index (χ1v) is 11.7. The van der Waals surface area contributed by atoms with Crippen LogP contribution in [0.5, 0.6) is 0 Å². The third kappa shape index (κ3) is 3.57. The number of anilines is 3. The number of allylic oxidation sites excluding steroid dienone is 1. The Morgan fingerprint density at radius 2 is 1.78 bits per heavy atom. The zero-order valence-electron chi connectivity index (χ0n) is 18.8. The van der Waals surface area contributed by atoms with E-state index in [1.54, 1.807) is 0 Å². The Morgan fingerprint density at radius 3 is 2.59 bits per heavy atom. The normalized spacial score (nSPS) is 18.0. The standard InChI is InChI=1S/C28H28ClN3/c1-4-31-23(14-11-20-8-6-7-9-26(20)31)18-28-30-25-15-12-21(16-27(25)32(28)5-2)24-17-22(29)13-10-19(24)3/h6-18,28,30H,4-5H2,1-3H3/b23-18+. The molecule has 0 saturated carbocycles. The third-order valence-corrected chi connectivity index (χ3v) is 6.65. The number of hydrogen-bond acceptors (Lipinski definition) is 3. The van der Waals surface area contributed by atoms with Gasteiger partial charge in [-0.15, -0.1) is 0 Å². The molecule has 0 bridgehead atoms. The van der Waals surface area contributed by atoms with E-state index in [1.165, 1.54) is 45.0 Å². The third-order valence-electron chi connectivity index (χ3n) is 6.42. The van der Waals surface area contributed by atoms with Crippen molar-refractivity contribution >= 4 is 34.7 Å². The second-order valence-electron chi connectivity index (χ2n) is 8.29. The maximum Gasteiger partial charge on any atom is 0.121 e. The van der Waals surface area contributed by atoms with Gasteiger partial charge in [0.15, 0.2) is 0 Å². The first-order chi connectivity index (χ1) is 15.6. The fourth-order valence-corrected chi connectivity index (χ4v) is 4.96. The lowest BCUT2D eigenvalue weighted by molar-refractivity contribution is 0.795. The zero-order valence-corrected chi connectivity index (χ0v) is 19.5. The average Bonchev–Trinajstić information content (AvgIpc) is 3.16. The zero-order chi connectivity index (χ0) is 22.2. The van der Waals surface area contributed by atoms with E-state index in [1.807, 2.05) is 6.07 Å². The van der Waals surface area contributed by atoms with Crippen molar-refractivity contribution in [2.45, 2.75) is 26.9 Å². The number of fused-ring (bicyclic) bond motifs is 2. The molecule has 3 nitrogen and oxygen atoms in total. The summed E-state index contributed by atoms with van der Waals surface area (Å²) in [4.78, 5) is 4.81. The van der Waals surface area contributed by atoms with Crippen molar-refractivity contribution in [1.82, 2.24) is 0 Å². The lowest BCUT2D eigenvalue weighted by Crippen LogP contribution is -2.35. The van der Waals surface area contributed by atoms with Crippen molar-refractivity contribution in [1.29, 1.82) is 0 Å². The number of hydrogen-bond donors (Lipinski definition) is 1. The molecule has 2 aliphatic rings. The minimum absolute atomic E-state index is 0.102. The Hall–Kier alpha value is -3.17. The summed E-state index contributed by atoms with van der Waals surface area (Å²) in [6, 6.07) is 21.3. The fourth-order valence-electron chi connectivity index (χ4n) is 4.79. The van der Waals surface area contributed by atoms with Gasteiger partial charge in [-0.25, -0.2) is 0 Å². The fraction of sp³-hybridized carbons (Fsp3) is 0.214. The molecule has 1 unspecified atom stereocenters. The molecule has 0 aromatic heterocycles. The van der Waals surface area contributed by atoms with E-state index in [4.69, 9.17) is 11.6 Å². The number of benzene rings is 3. The van der Waals surface area contributed by atoms with Gasteiger partial charge >= 0.3 is 0 Å². The maximum absolute atomic E-state index is 6.29. The van der Waals surface area contributed by atoms with E-state index >= 15 is 0 Å². The summed E-state index contributed by atoms with van der Waals surface area (Å²) in [5, 5.41) is 4.49. The number of rotatable bonds is 4. The molecule has 1 atom stereocenters. The van der Waals surface area contributed by atoms with E-state index in [0.29, 0.717) is 0 Å². The van der Waals surface area contributed by atoms with Crippen LogP contribution in [-0.4, -0.2) is 19.3 Å². The van der Waals surface area contributed by atoms with Crippen LogP contribution in [-0.2, 0) is 0 Å². The van der Waals surface area contributed by atoms with Crippen LogP contribution in [0.15, 0.2) is 78.5 Å². The Bertz CT molecular complexity index is 1230. The van der Waals surface area contributed by atoms with E-state index in [2.05, 4.69) is 109 Å². The largest absolute Gasteiger partial charge is 0.360 e. The molecular weight excluding hydrogens is 414 g/mol. The van der Waals surface area contributed by atoms with Crippen LogP contribution in [0.25, 0.3) is 17.2 Å². The predicted molar refractivity (Wildman–Crippen MR) is 139 cm³/mol. The van der Waals surface area contributed by atoms with Gasteiger partial charge in [0.25, 0.3) is 0 Å². The molecule has 0 fully saturated rings. The number of halogens is 1. The topological polar surface area (TPSA) is 18.5 Å². The first kappa shape index (κ1) is 20.7. The van der Waals surface area contributed by atoms with E-state index in [9.17, 15) is 0 Å². The molecule has 0 radical (unpaired) electrons. The minimum Gasteiger partial charge on any atom is -0.360 e. The first-order valence-electron chi connectivity index (χ1n) is 11.3. The van der Waals surface area contributed by atoms with Crippen LogP contribution in [0, 0.1) is 6.92 Å². The molecule has 0 aliphatic carbocycles. The highest BCUT2D eigenvalue weighted by molar-refractivity contribution is 6.30. The molecule has 0 saturated heterocycles. The SMILES string of the molecule is CCN1/C(=C/C2Nc3ccc(-c4cc(Cl)ccc4C)cc3N2CC)C=Cc2ccccc21. The predicted octanol–water partition coefficient (Wildman–Crippen LogP) is 7.33. The van der Waals surface area contributed by atoms with E-state index < -0.39 is 0 Å². The van der Waals surface area contributed by atoms with Crippen molar-refractivity contribution in [3.8, 4) is 11.1 Å². The van der Waals surface area contributed by atoms with Crippen molar-refractivity contribution < 1.29 is 0 Å². The van der Waals surface area contributed by atoms with Gasteiger partial charge in [0.2, 0.25) is 0 Å². The molecular formula is C28H28ClN3. The van der Waals surface area contributed by atoms with Crippen LogP contribution >= 0.6 is 11.6 Å². The van der Waals surface area contributed by atoms with Crippen LogP contribution in [0.1, 0.15) is 25.0 Å². The van der Waals surface area contributed by atoms with Crippen LogP contribution in [0.3, 0.4) is 0 Å². The highest BCUT2D eigenvalue weighted by Gasteiger charge is 2.28. The second-order valence-corrected chi connectivity index (χ2v) is 8.73. The van der Waals surface area contributed by atoms with Gasteiger partial charge in [0.1, 0.15) is 6.17 Å². The van der Waals surface area contributed by atoms with Crippen molar-refractivity contribution in [2.24, 2.45) is 0 Å². The van der Waals surface area contributed by atoms with Crippen LogP contribution in [0.4, 0.5) is 17.1 Å². The van der Waals surface area contributed by atoms with Gasteiger partial charge in [0, 0.05) is 29.5 Å². The molecule has 2 heterocycles. The summed E-state index contributed by atoms with van der Waals surface area (Å²) in [7, 11) is 0. The Kier molecular flexibility index (Phi) is 5.44. The molecule has 3 aromatic carbocycles. The molecule has 1 N–H and O–H groups in total. The number of aryl methyl sites for hydroxylation is 1. The average molecular weight is 442 g/mol.